The van der Waals surface area contributed by atoms with Gasteiger partial charge in [0.25, 0.3) is 5.91 Å². The highest BCUT2D eigenvalue weighted by atomic mass is 16.4. The summed E-state index contributed by atoms with van der Waals surface area (Å²) in [6.45, 7) is 4.17. The lowest BCUT2D eigenvalue weighted by atomic mass is 10.1. The standard InChI is InChI=1S/C17H18N6O3/c1-11-4-3-5-13(8-11)9-22-10-18-17(21-22)19-15(24)12(2)23-7-6-14(20-23)16(25)26/h3-8,10,12H,9H2,1-2H3,(H,25,26)(H,19,21,24). The molecule has 2 aromatic heterocycles. The molecule has 0 saturated heterocycles. The van der Waals surface area contributed by atoms with Crippen molar-refractivity contribution in [1.29, 1.82) is 0 Å². The second kappa shape index (κ2) is 7.18. The molecule has 3 rings (SSSR count). The number of rotatable bonds is 6. The van der Waals surface area contributed by atoms with Gasteiger partial charge < -0.3 is 5.11 Å². The Hall–Kier alpha value is -3.49. The van der Waals surface area contributed by atoms with Crippen LogP contribution in [0.2, 0.25) is 0 Å². The van der Waals surface area contributed by atoms with Crippen LogP contribution in [0.4, 0.5) is 5.95 Å². The molecule has 9 nitrogen and oxygen atoms in total. The van der Waals surface area contributed by atoms with Gasteiger partial charge in [-0.1, -0.05) is 29.8 Å². The fourth-order valence-corrected chi connectivity index (χ4v) is 2.43. The van der Waals surface area contributed by atoms with Gasteiger partial charge in [0.1, 0.15) is 12.4 Å². The lowest BCUT2D eigenvalue weighted by molar-refractivity contribution is -0.119. The molecule has 0 aliphatic carbocycles. The first-order valence-electron chi connectivity index (χ1n) is 7.96. The van der Waals surface area contributed by atoms with E-state index in [1.165, 1.54) is 16.9 Å². The number of carbonyl (C=O) groups is 2. The molecule has 2 N–H and O–H groups in total. The van der Waals surface area contributed by atoms with E-state index in [0.29, 0.717) is 6.54 Å². The first-order valence-corrected chi connectivity index (χ1v) is 7.96. The van der Waals surface area contributed by atoms with Crippen molar-refractivity contribution in [2.45, 2.75) is 26.4 Å². The molecule has 0 aliphatic heterocycles. The SMILES string of the molecule is Cc1cccc(Cn2cnc(NC(=O)C(C)n3ccc(C(=O)O)n3)n2)c1. The van der Waals surface area contributed by atoms with Crippen molar-refractivity contribution in [3.63, 3.8) is 0 Å². The van der Waals surface area contributed by atoms with Crippen LogP contribution in [0.5, 0.6) is 0 Å². The minimum Gasteiger partial charge on any atom is -0.476 e. The summed E-state index contributed by atoms with van der Waals surface area (Å²) in [5.74, 6) is -1.36. The smallest absolute Gasteiger partial charge is 0.356 e. The van der Waals surface area contributed by atoms with Crippen molar-refractivity contribution in [2.75, 3.05) is 5.32 Å². The second-order valence-electron chi connectivity index (χ2n) is 5.91. The summed E-state index contributed by atoms with van der Waals surface area (Å²) in [6, 6.07) is 8.67. The van der Waals surface area contributed by atoms with Crippen molar-refractivity contribution in [3.8, 4) is 0 Å². The zero-order valence-corrected chi connectivity index (χ0v) is 14.3. The molecule has 0 spiro atoms. The maximum atomic E-state index is 12.3. The van der Waals surface area contributed by atoms with Gasteiger partial charge in [-0.15, -0.1) is 5.10 Å². The molecule has 0 radical (unpaired) electrons. The van der Waals surface area contributed by atoms with Crippen LogP contribution in [0.1, 0.15) is 34.6 Å². The molecular formula is C17H18N6O3. The Morgan fingerprint density at radius 2 is 2.08 bits per heavy atom. The Morgan fingerprint density at radius 3 is 2.77 bits per heavy atom. The van der Waals surface area contributed by atoms with Gasteiger partial charge in [-0.2, -0.15) is 5.10 Å². The van der Waals surface area contributed by atoms with E-state index in [9.17, 15) is 9.59 Å². The van der Waals surface area contributed by atoms with Gasteiger partial charge in [-0.05, 0) is 25.5 Å². The third-order valence-electron chi connectivity index (χ3n) is 3.80. The van der Waals surface area contributed by atoms with E-state index in [-0.39, 0.29) is 11.6 Å². The van der Waals surface area contributed by atoms with Crippen LogP contribution >= 0.6 is 0 Å². The van der Waals surface area contributed by atoms with E-state index < -0.39 is 17.9 Å². The van der Waals surface area contributed by atoms with Crippen molar-refractivity contribution >= 4 is 17.8 Å². The maximum absolute atomic E-state index is 12.3. The van der Waals surface area contributed by atoms with Crippen LogP contribution in [0.3, 0.4) is 0 Å². The fraction of sp³-hybridized carbons (Fsp3) is 0.235. The van der Waals surface area contributed by atoms with Crippen LogP contribution in [0.15, 0.2) is 42.9 Å². The number of aromatic carboxylic acids is 1. The van der Waals surface area contributed by atoms with Gasteiger partial charge in [0.2, 0.25) is 5.95 Å². The van der Waals surface area contributed by atoms with Crippen LogP contribution in [-0.4, -0.2) is 41.5 Å². The van der Waals surface area contributed by atoms with Crippen LogP contribution < -0.4 is 5.32 Å². The first-order chi connectivity index (χ1) is 12.4. The number of anilines is 1. The summed E-state index contributed by atoms with van der Waals surface area (Å²) in [7, 11) is 0. The number of nitrogens with one attached hydrogen (secondary N) is 1. The minimum absolute atomic E-state index is 0.120. The predicted molar refractivity (Wildman–Crippen MR) is 92.8 cm³/mol. The molecule has 3 aromatic rings. The highest BCUT2D eigenvalue weighted by molar-refractivity contribution is 5.92. The van der Waals surface area contributed by atoms with Crippen molar-refractivity contribution in [1.82, 2.24) is 24.5 Å². The van der Waals surface area contributed by atoms with E-state index in [1.54, 1.807) is 17.9 Å². The Kier molecular flexibility index (Phi) is 4.78. The molecule has 134 valence electrons. The third-order valence-corrected chi connectivity index (χ3v) is 3.80. The monoisotopic (exact) mass is 354 g/mol. The largest absolute Gasteiger partial charge is 0.476 e. The molecular weight excluding hydrogens is 336 g/mol. The number of carbonyl (C=O) groups excluding carboxylic acids is 1. The summed E-state index contributed by atoms with van der Waals surface area (Å²) in [5, 5.41) is 19.6. The Bertz CT molecular complexity index is 945. The number of hydrogen-bond donors (Lipinski definition) is 2. The van der Waals surface area contributed by atoms with Gasteiger partial charge in [0.15, 0.2) is 5.69 Å². The van der Waals surface area contributed by atoms with Crippen LogP contribution in [-0.2, 0) is 11.3 Å². The molecule has 0 aliphatic rings. The zero-order chi connectivity index (χ0) is 18.7. The molecule has 0 fully saturated rings. The van der Waals surface area contributed by atoms with E-state index >= 15 is 0 Å². The number of carboxylic acids is 1. The van der Waals surface area contributed by atoms with Crippen molar-refractivity contribution in [3.05, 3.63) is 59.7 Å². The Labute approximate surface area is 149 Å². The van der Waals surface area contributed by atoms with Crippen molar-refractivity contribution < 1.29 is 14.7 Å². The summed E-state index contributed by atoms with van der Waals surface area (Å²) >= 11 is 0. The van der Waals surface area contributed by atoms with Gasteiger partial charge >= 0.3 is 5.97 Å². The van der Waals surface area contributed by atoms with E-state index in [2.05, 4.69) is 26.6 Å². The minimum atomic E-state index is -1.15. The molecule has 9 heteroatoms. The molecule has 0 saturated carbocycles. The predicted octanol–water partition coefficient (Wildman–Crippen LogP) is 1.73. The summed E-state index contributed by atoms with van der Waals surface area (Å²) < 4.78 is 2.91. The average Bonchev–Trinajstić information content (AvgIpc) is 3.24. The highest BCUT2D eigenvalue weighted by Gasteiger charge is 2.19. The molecule has 26 heavy (non-hydrogen) atoms. The Balaban J connectivity index is 1.64. The molecule has 1 unspecified atom stereocenters. The van der Waals surface area contributed by atoms with E-state index in [0.717, 1.165) is 11.1 Å². The number of amides is 1. The highest BCUT2D eigenvalue weighted by Crippen LogP contribution is 2.10. The summed E-state index contributed by atoms with van der Waals surface area (Å²) in [4.78, 5) is 27.2. The van der Waals surface area contributed by atoms with Gasteiger partial charge in [-0.3, -0.25) is 14.8 Å². The van der Waals surface area contributed by atoms with E-state index in [4.69, 9.17) is 5.11 Å². The maximum Gasteiger partial charge on any atom is 0.356 e. The number of hydrogen-bond acceptors (Lipinski definition) is 5. The van der Waals surface area contributed by atoms with E-state index in [1.807, 2.05) is 25.1 Å². The first kappa shape index (κ1) is 17.3. The molecule has 0 bridgehead atoms. The molecule has 1 amide bonds. The van der Waals surface area contributed by atoms with Crippen LogP contribution in [0, 0.1) is 6.92 Å². The van der Waals surface area contributed by atoms with Crippen molar-refractivity contribution in [2.24, 2.45) is 0 Å². The molecule has 1 atom stereocenters. The number of nitrogens with zero attached hydrogens (tertiary/aromatic N) is 5. The third kappa shape index (κ3) is 3.94. The number of aryl methyl sites for hydroxylation is 1. The summed E-state index contributed by atoms with van der Waals surface area (Å²) in [5.41, 5.74) is 2.12. The fourth-order valence-electron chi connectivity index (χ4n) is 2.43. The van der Waals surface area contributed by atoms with Crippen LogP contribution in [0.25, 0.3) is 0 Å². The Morgan fingerprint density at radius 1 is 1.27 bits per heavy atom. The quantitative estimate of drug-likeness (QED) is 0.696. The van der Waals surface area contributed by atoms with Gasteiger partial charge in [0, 0.05) is 6.20 Å². The van der Waals surface area contributed by atoms with Gasteiger partial charge in [0.05, 0.1) is 6.54 Å². The molecule has 2 heterocycles. The summed E-state index contributed by atoms with van der Waals surface area (Å²) in [6.07, 6.45) is 2.98. The van der Waals surface area contributed by atoms with Gasteiger partial charge in [-0.25, -0.2) is 14.5 Å². The topological polar surface area (TPSA) is 115 Å². The lowest BCUT2D eigenvalue weighted by Crippen LogP contribution is -2.25. The number of benzene rings is 1. The molecule has 1 aromatic carbocycles. The lowest BCUT2D eigenvalue weighted by Gasteiger charge is -2.10. The zero-order valence-electron chi connectivity index (χ0n) is 14.3. The normalized spacial score (nSPS) is 11.9. The number of carboxylic acid groups (broad SMARTS) is 1. The number of aromatic nitrogens is 5. The second-order valence-corrected chi connectivity index (χ2v) is 5.91. The average molecular weight is 354 g/mol.